The van der Waals surface area contributed by atoms with E-state index in [2.05, 4.69) is 4.98 Å². The molecule has 0 unspecified atom stereocenters. The van der Waals surface area contributed by atoms with E-state index in [1.54, 1.807) is 26.8 Å². The molecule has 3 nitrogen and oxygen atoms in total. The highest BCUT2D eigenvalue weighted by Gasteiger charge is 2.45. The Labute approximate surface area is 101 Å². The third-order valence-electron chi connectivity index (χ3n) is 3.57. The normalized spacial score (nSPS) is 18.2. The van der Waals surface area contributed by atoms with Gasteiger partial charge in [0.1, 0.15) is 5.82 Å². The van der Waals surface area contributed by atoms with Crippen molar-refractivity contribution in [3.05, 3.63) is 28.8 Å². The lowest BCUT2D eigenvalue weighted by Gasteiger charge is -2.22. The topological polar surface area (TPSA) is 59.1 Å². The lowest BCUT2D eigenvalue weighted by molar-refractivity contribution is 0.0740. The lowest BCUT2D eigenvalue weighted by atomic mass is 9.92. The Hall–Kier alpha value is -1.00. The molecule has 0 radical (unpaired) electrons. The first-order valence-corrected chi connectivity index (χ1v) is 5.91. The average Bonchev–Trinajstić information content (AvgIpc) is 3.01. The summed E-state index contributed by atoms with van der Waals surface area (Å²) >= 11 is 0. The molecule has 4 heteroatoms. The fourth-order valence-electron chi connectivity index (χ4n) is 2.09. The van der Waals surface area contributed by atoms with Gasteiger partial charge >= 0.3 is 0 Å². The Balaban J connectivity index is 2.55. The summed E-state index contributed by atoms with van der Waals surface area (Å²) in [5, 5.41) is 9.98. The molecule has 1 aromatic heterocycles. The molecule has 0 aliphatic heterocycles. The maximum atomic E-state index is 13.9. The summed E-state index contributed by atoms with van der Waals surface area (Å²) in [5.41, 5.74) is 5.92. The van der Waals surface area contributed by atoms with Gasteiger partial charge in [-0.15, -0.1) is 0 Å². The second-order valence-corrected chi connectivity index (χ2v) is 5.50. The van der Waals surface area contributed by atoms with Crippen molar-refractivity contribution in [2.45, 2.75) is 44.6 Å². The van der Waals surface area contributed by atoms with Crippen LogP contribution in [0.15, 0.2) is 6.07 Å². The highest BCUT2D eigenvalue weighted by Crippen LogP contribution is 2.47. The number of nitrogens with two attached hydrogens (primary N) is 1. The highest BCUT2D eigenvalue weighted by atomic mass is 19.1. The molecule has 1 heterocycles. The molecule has 0 amide bonds. The van der Waals surface area contributed by atoms with Crippen molar-refractivity contribution in [1.29, 1.82) is 0 Å². The average molecular weight is 238 g/mol. The molecule has 1 fully saturated rings. The molecule has 0 spiro atoms. The van der Waals surface area contributed by atoms with E-state index in [1.165, 1.54) is 0 Å². The van der Waals surface area contributed by atoms with E-state index in [1.807, 2.05) is 0 Å². The molecule has 1 aromatic rings. The number of rotatable bonds is 3. The number of nitrogens with zero attached hydrogens (tertiary/aromatic N) is 1. The molecular formula is C13H19FN2O. The monoisotopic (exact) mass is 238 g/mol. The van der Waals surface area contributed by atoms with Crippen molar-refractivity contribution in [3.63, 3.8) is 0 Å². The van der Waals surface area contributed by atoms with E-state index in [9.17, 15) is 9.50 Å². The van der Waals surface area contributed by atoms with Crippen LogP contribution >= 0.6 is 0 Å². The number of aromatic nitrogens is 1. The van der Waals surface area contributed by atoms with Crippen LogP contribution in [0.3, 0.4) is 0 Å². The summed E-state index contributed by atoms with van der Waals surface area (Å²) in [6, 6.07) is 1.67. The molecule has 0 aromatic carbocycles. The first-order valence-electron chi connectivity index (χ1n) is 5.91. The van der Waals surface area contributed by atoms with Gasteiger partial charge in [0.05, 0.1) is 11.3 Å². The third kappa shape index (κ3) is 2.07. The van der Waals surface area contributed by atoms with Crippen molar-refractivity contribution >= 4 is 0 Å². The smallest absolute Gasteiger partial charge is 0.150 e. The van der Waals surface area contributed by atoms with Gasteiger partial charge in [0, 0.05) is 23.2 Å². The summed E-state index contributed by atoms with van der Waals surface area (Å²) in [4.78, 5) is 4.29. The zero-order valence-corrected chi connectivity index (χ0v) is 10.5. The number of aliphatic hydroxyl groups is 1. The molecule has 2 rings (SSSR count). The molecule has 1 aliphatic rings. The van der Waals surface area contributed by atoms with Crippen LogP contribution in [0.2, 0.25) is 0 Å². The van der Waals surface area contributed by atoms with E-state index in [0.29, 0.717) is 17.8 Å². The Morgan fingerprint density at radius 3 is 2.53 bits per heavy atom. The van der Waals surface area contributed by atoms with Crippen molar-refractivity contribution in [1.82, 2.24) is 4.98 Å². The van der Waals surface area contributed by atoms with Gasteiger partial charge in [0.25, 0.3) is 0 Å². The lowest BCUT2D eigenvalue weighted by Crippen LogP contribution is -2.25. The van der Waals surface area contributed by atoms with Gasteiger partial charge in [0.2, 0.25) is 0 Å². The first kappa shape index (κ1) is 12.5. The maximum Gasteiger partial charge on any atom is 0.150 e. The highest BCUT2D eigenvalue weighted by molar-refractivity contribution is 5.34. The summed E-state index contributed by atoms with van der Waals surface area (Å²) in [6.45, 7) is 5.31. The van der Waals surface area contributed by atoms with Crippen LogP contribution in [-0.4, -0.2) is 16.6 Å². The molecular weight excluding hydrogens is 219 g/mol. The zero-order valence-electron chi connectivity index (χ0n) is 10.5. The van der Waals surface area contributed by atoms with Crippen molar-refractivity contribution in [2.75, 3.05) is 6.54 Å². The second-order valence-electron chi connectivity index (χ2n) is 5.50. The van der Waals surface area contributed by atoms with E-state index in [4.69, 9.17) is 5.73 Å². The fraction of sp³-hybridized carbons (Fsp3) is 0.615. The van der Waals surface area contributed by atoms with Crippen LogP contribution in [0, 0.1) is 12.7 Å². The summed E-state index contributed by atoms with van der Waals surface area (Å²) < 4.78 is 13.9. The molecule has 0 atom stereocenters. The predicted molar refractivity (Wildman–Crippen MR) is 64.1 cm³/mol. The van der Waals surface area contributed by atoms with Gasteiger partial charge in [-0.05, 0) is 39.7 Å². The van der Waals surface area contributed by atoms with E-state index >= 15 is 0 Å². The van der Waals surface area contributed by atoms with Crippen molar-refractivity contribution < 1.29 is 9.50 Å². The minimum Gasteiger partial charge on any atom is -0.386 e. The second kappa shape index (κ2) is 3.75. The van der Waals surface area contributed by atoms with E-state index in [0.717, 1.165) is 18.5 Å². The minimum absolute atomic E-state index is 0.0849. The van der Waals surface area contributed by atoms with Gasteiger partial charge in [-0.2, -0.15) is 0 Å². The van der Waals surface area contributed by atoms with Crippen molar-refractivity contribution in [3.8, 4) is 0 Å². The van der Waals surface area contributed by atoms with Crippen LogP contribution in [0.4, 0.5) is 4.39 Å². The SMILES string of the molecule is Cc1nc(C2(CN)CC2)cc(C(C)(C)O)c1F. The molecule has 1 aliphatic carbocycles. The van der Waals surface area contributed by atoms with Crippen LogP contribution in [0.5, 0.6) is 0 Å². The molecule has 17 heavy (non-hydrogen) atoms. The Morgan fingerprint density at radius 1 is 1.53 bits per heavy atom. The molecule has 1 saturated carbocycles. The van der Waals surface area contributed by atoms with Crippen LogP contribution < -0.4 is 5.73 Å². The number of aryl methyl sites for hydroxylation is 1. The number of halogens is 1. The standard InChI is InChI=1S/C13H19FN2O/c1-8-11(14)9(12(2,3)17)6-10(16-8)13(7-15)4-5-13/h6,17H,4-5,7,15H2,1-3H3. The van der Waals surface area contributed by atoms with Crippen LogP contribution in [0.25, 0.3) is 0 Å². The largest absolute Gasteiger partial charge is 0.386 e. The summed E-state index contributed by atoms with van der Waals surface area (Å²) in [7, 11) is 0. The van der Waals surface area contributed by atoms with Gasteiger partial charge in [0.15, 0.2) is 0 Å². The molecule has 0 saturated heterocycles. The van der Waals surface area contributed by atoms with Gasteiger partial charge < -0.3 is 10.8 Å². The van der Waals surface area contributed by atoms with Gasteiger partial charge in [-0.3, -0.25) is 4.98 Å². The zero-order chi connectivity index (χ0) is 12.8. The quantitative estimate of drug-likeness (QED) is 0.843. The number of hydrogen-bond acceptors (Lipinski definition) is 3. The minimum atomic E-state index is -1.20. The molecule has 0 bridgehead atoms. The van der Waals surface area contributed by atoms with Crippen LogP contribution in [-0.2, 0) is 11.0 Å². The summed E-state index contributed by atoms with van der Waals surface area (Å²) in [6.07, 6.45) is 1.99. The Kier molecular flexibility index (Phi) is 2.75. The van der Waals surface area contributed by atoms with Crippen LogP contribution in [0.1, 0.15) is 43.6 Å². The van der Waals surface area contributed by atoms with E-state index in [-0.39, 0.29) is 5.41 Å². The number of pyridine rings is 1. The van der Waals surface area contributed by atoms with Crippen molar-refractivity contribution in [2.24, 2.45) is 5.73 Å². The third-order valence-corrected chi connectivity index (χ3v) is 3.57. The Bertz CT molecular complexity index is 447. The molecule has 3 N–H and O–H groups in total. The Morgan fingerprint density at radius 2 is 2.12 bits per heavy atom. The summed E-state index contributed by atoms with van der Waals surface area (Å²) in [5.74, 6) is -0.422. The van der Waals surface area contributed by atoms with Gasteiger partial charge in [-0.1, -0.05) is 0 Å². The maximum absolute atomic E-state index is 13.9. The van der Waals surface area contributed by atoms with E-state index < -0.39 is 11.4 Å². The predicted octanol–water partition coefficient (Wildman–Crippen LogP) is 1.75. The first-order chi connectivity index (χ1) is 7.80. The molecule has 94 valence electrons. The fourth-order valence-corrected chi connectivity index (χ4v) is 2.09. The van der Waals surface area contributed by atoms with Gasteiger partial charge in [-0.25, -0.2) is 4.39 Å². The number of hydrogen-bond donors (Lipinski definition) is 2.